The van der Waals surface area contributed by atoms with Crippen LogP contribution in [0, 0.1) is 10.1 Å². The van der Waals surface area contributed by atoms with E-state index in [9.17, 15) is 14.7 Å². The summed E-state index contributed by atoms with van der Waals surface area (Å²) in [7, 11) is -3.53. The first-order chi connectivity index (χ1) is 11.0. The van der Waals surface area contributed by atoms with Crippen LogP contribution in [0.1, 0.15) is 19.8 Å². The Morgan fingerprint density at radius 1 is 1.09 bits per heavy atom. The number of non-ortho nitro benzene ring substituents is 1. The van der Waals surface area contributed by atoms with Crippen LogP contribution in [0.2, 0.25) is 0 Å². The SMILES string of the molecule is CCCCOP(=O)(Oc1ccc([N+](=O)[O-])cc1)c1ccccc1. The highest BCUT2D eigenvalue weighted by molar-refractivity contribution is 7.62. The lowest BCUT2D eigenvalue weighted by molar-refractivity contribution is -0.384. The molecule has 7 heteroatoms. The molecule has 1 unspecified atom stereocenters. The second-order valence-electron chi connectivity index (χ2n) is 4.86. The van der Waals surface area contributed by atoms with Gasteiger partial charge in [-0.3, -0.25) is 14.6 Å². The molecule has 23 heavy (non-hydrogen) atoms. The second-order valence-corrected chi connectivity index (χ2v) is 6.81. The maximum Gasteiger partial charge on any atom is 0.410 e. The standard InChI is InChI=1S/C16H18NO5P/c1-2-3-13-21-23(20,16-7-5-4-6-8-16)22-15-11-9-14(10-12-15)17(18)19/h4-12H,2-3,13H2,1H3. The van der Waals surface area contributed by atoms with E-state index in [0.29, 0.717) is 11.9 Å². The largest absolute Gasteiger partial charge is 0.421 e. The number of hydrogen-bond donors (Lipinski definition) is 0. The third-order valence-corrected chi connectivity index (χ3v) is 5.01. The van der Waals surface area contributed by atoms with E-state index in [-0.39, 0.29) is 11.4 Å². The summed E-state index contributed by atoms with van der Waals surface area (Å²) < 4.78 is 24.2. The van der Waals surface area contributed by atoms with Crippen LogP contribution in [0.25, 0.3) is 0 Å². The Hall–Kier alpha value is -2.17. The average molecular weight is 335 g/mol. The van der Waals surface area contributed by atoms with Gasteiger partial charge in [0, 0.05) is 12.1 Å². The predicted octanol–water partition coefficient (Wildman–Crippen LogP) is 4.31. The molecule has 0 saturated heterocycles. The minimum absolute atomic E-state index is 0.0567. The molecule has 2 aromatic carbocycles. The van der Waals surface area contributed by atoms with Crippen LogP contribution < -0.4 is 9.83 Å². The molecule has 0 aliphatic heterocycles. The minimum atomic E-state index is -3.53. The Morgan fingerprint density at radius 2 is 1.74 bits per heavy atom. The van der Waals surface area contributed by atoms with Crippen LogP contribution in [0.4, 0.5) is 5.69 Å². The smallest absolute Gasteiger partial charge is 0.410 e. The summed E-state index contributed by atoms with van der Waals surface area (Å²) >= 11 is 0. The summed E-state index contributed by atoms with van der Waals surface area (Å²) in [6, 6.07) is 14.1. The van der Waals surface area contributed by atoms with E-state index >= 15 is 0 Å². The molecule has 0 bridgehead atoms. The fourth-order valence-electron chi connectivity index (χ4n) is 1.86. The quantitative estimate of drug-likeness (QED) is 0.311. The van der Waals surface area contributed by atoms with Crippen molar-refractivity contribution in [2.45, 2.75) is 19.8 Å². The molecule has 1 atom stereocenters. The Labute approximate surface area is 134 Å². The maximum atomic E-state index is 13.1. The summed E-state index contributed by atoms with van der Waals surface area (Å²) in [5, 5.41) is 11.1. The van der Waals surface area contributed by atoms with E-state index in [2.05, 4.69) is 0 Å². The third kappa shape index (κ3) is 4.65. The van der Waals surface area contributed by atoms with Crippen molar-refractivity contribution in [2.24, 2.45) is 0 Å². The van der Waals surface area contributed by atoms with E-state index in [0.717, 1.165) is 12.8 Å². The van der Waals surface area contributed by atoms with Crippen molar-refractivity contribution in [3.63, 3.8) is 0 Å². The zero-order valence-corrected chi connectivity index (χ0v) is 13.6. The van der Waals surface area contributed by atoms with Crippen molar-refractivity contribution < 1.29 is 18.5 Å². The number of unbranched alkanes of at least 4 members (excludes halogenated alkanes) is 1. The van der Waals surface area contributed by atoms with Gasteiger partial charge in [0.05, 0.1) is 16.8 Å². The van der Waals surface area contributed by atoms with Crippen LogP contribution in [0.5, 0.6) is 5.75 Å². The molecule has 0 heterocycles. The molecule has 0 amide bonds. The summed E-state index contributed by atoms with van der Waals surface area (Å²) in [5.41, 5.74) is -0.0567. The van der Waals surface area contributed by atoms with Gasteiger partial charge >= 0.3 is 7.60 Å². The molecular weight excluding hydrogens is 317 g/mol. The van der Waals surface area contributed by atoms with E-state index < -0.39 is 12.5 Å². The molecular formula is C16H18NO5P. The van der Waals surface area contributed by atoms with Gasteiger partial charge in [-0.05, 0) is 30.7 Å². The van der Waals surface area contributed by atoms with Crippen molar-refractivity contribution in [1.82, 2.24) is 0 Å². The highest BCUT2D eigenvalue weighted by Crippen LogP contribution is 2.47. The van der Waals surface area contributed by atoms with Gasteiger partial charge in [0.15, 0.2) is 0 Å². The molecule has 2 aromatic rings. The zero-order valence-electron chi connectivity index (χ0n) is 12.8. The fraction of sp³-hybridized carbons (Fsp3) is 0.250. The van der Waals surface area contributed by atoms with Gasteiger partial charge in [-0.15, -0.1) is 0 Å². The zero-order chi connectivity index (χ0) is 16.7. The van der Waals surface area contributed by atoms with Gasteiger partial charge in [-0.2, -0.15) is 0 Å². The molecule has 0 radical (unpaired) electrons. The first-order valence-electron chi connectivity index (χ1n) is 7.29. The third-order valence-electron chi connectivity index (χ3n) is 3.10. The lowest BCUT2D eigenvalue weighted by atomic mass is 10.3. The van der Waals surface area contributed by atoms with E-state index in [4.69, 9.17) is 9.05 Å². The van der Waals surface area contributed by atoms with E-state index in [1.165, 1.54) is 24.3 Å². The van der Waals surface area contributed by atoms with Crippen molar-refractivity contribution >= 4 is 18.6 Å². The van der Waals surface area contributed by atoms with Gasteiger partial charge in [-0.25, -0.2) is 4.57 Å². The Kier molecular flexibility index (Phi) is 5.90. The molecule has 122 valence electrons. The first-order valence-corrected chi connectivity index (χ1v) is 8.83. The highest BCUT2D eigenvalue weighted by atomic mass is 31.2. The van der Waals surface area contributed by atoms with Gasteiger partial charge < -0.3 is 4.52 Å². The molecule has 6 nitrogen and oxygen atoms in total. The Morgan fingerprint density at radius 3 is 2.30 bits per heavy atom. The number of nitrogens with zero attached hydrogens (tertiary/aromatic N) is 1. The maximum absolute atomic E-state index is 13.1. The second kappa shape index (κ2) is 7.90. The molecule has 0 aromatic heterocycles. The Balaban J connectivity index is 2.23. The fourth-order valence-corrected chi connectivity index (χ4v) is 3.47. The molecule has 0 N–H and O–H groups in total. The summed E-state index contributed by atoms with van der Waals surface area (Å²) in [4.78, 5) is 10.2. The van der Waals surface area contributed by atoms with Crippen molar-refractivity contribution in [2.75, 3.05) is 6.61 Å². The van der Waals surface area contributed by atoms with Crippen molar-refractivity contribution in [3.05, 3.63) is 64.7 Å². The van der Waals surface area contributed by atoms with Crippen LogP contribution in [-0.2, 0) is 9.09 Å². The molecule has 2 rings (SSSR count). The number of hydrogen-bond acceptors (Lipinski definition) is 5. The monoisotopic (exact) mass is 335 g/mol. The van der Waals surface area contributed by atoms with Gasteiger partial charge in [0.1, 0.15) is 5.75 Å². The normalized spacial score (nSPS) is 13.3. The highest BCUT2D eigenvalue weighted by Gasteiger charge is 2.29. The van der Waals surface area contributed by atoms with Crippen LogP contribution >= 0.6 is 7.60 Å². The molecule has 0 saturated carbocycles. The average Bonchev–Trinajstić information content (AvgIpc) is 2.56. The Bertz CT molecular complexity index is 687. The first kappa shape index (κ1) is 17.2. The molecule has 0 fully saturated rings. The molecule has 0 spiro atoms. The molecule has 0 aliphatic carbocycles. The number of nitro benzene ring substituents is 1. The van der Waals surface area contributed by atoms with Gasteiger partial charge in [0.2, 0.25) is 0 Å². The lowest BCUT2D eigenvalue weighted by Crippen LogP contribution is -2.13. The molecule has 0 aliphatic rings. The van der Waals surface area contributed by atoms with E-state index in [1.807, 2.05) is 13.0 Å². The van der Waals surface area contributed by atoms with Crippen LogP contribution in [-0.4, -0.2) is 11.5 Å². The number of benzene rings is 2. The minimum Gasteiger partial charge on any atom is -0.421 e. The van der Waals surface area contributed by atoms with Crippen molar-refractivity contribution in [3.8, 4) is 5.75 Å². The number of rotatable bonds is 8. The van der Waals surface area contributed by atoms with Crippen molar-refractivity contribution in [1.29, 1.82) is 0 Å². The van der Waals surface area contributed by atoms with Crippen LogP contribution in [0.15, 0.2) is 54.6 Å². The lowest BCUT2D eigenvalue weighted by Gasteiger charge is -2.19. The summed E-state index contributed by atoms with van der Waals surface area (Å²) in [6.45, 7) is 2.32. The topological polar surface area (TPSA) is 78.7 Å². The predicted molar refractivity (Wildman–Crippen MR) is 88.3 cm³/mol. The summed E-state index contributed by atoms with van der Waals surface area (Å²) in [6.07, 6.45) is 1.67. The van der Waals surface area contributed by atoms with Crippen LogP contribution in [0.3, 0.4) is 0 Å². The van der Waals surface area contributed by atoms with E-state index in [1.54, 1.807) is 24.3 Å². The number of nitro groups is 1. The summed E-state index contributed by atoms with van der Waals surface area (Å²) in [5.74, 6) is 0.263. The van der Waals surface area contributed by atoms with Gasteiger partial charge in [-0.1, -0.05) is 31.5 Å². The van der Waals surface area contributed by atoms with Gasteiger partial charge in [0.25, 0.3) is 5.69 Å².